The number of nitrogens with zero attached hydrogens (tertiary/aromatic N) is 1. The summed E-state index contributed by atoms with van der Waals surface area (Å²) in [5, 5.41) is 3.05. The van der Waals surface area contributed by atoms with Gasteiger partial charge in [-0.3, -0.25) is 0 Å². The number of hydrogen-bond donors (Lipinski definition) is 1. The number of benzene rings is 3. The Morgan fingerprint density at radius 2 is 1.79 bits per heavy atom. The van der Waals surface area contributed by atoms with E-state index in [1.807, 2.05) is 72.5 Å². The number of amides is 2. The van der Waals surface area contributed by atoms with Gasteiger partial charge in [0.25, 0.3) is 0 Å². The Bertz CT molecular complexity index is 1010. The van der Waals surface area contributed by atoms with Crippen LogP contribution in [0, 0.1) is 13.8 Å². The molecule has 1 fully saturated rings. The predicted molar refractivity (Wildman–Crippen MR) is 120 cm³/mol. The third-order valence-corrected chi connectivity index (χ3v) is 6.16. The number of carbonyl (C=O) groups is 1. The van der Waals surface area contributed by atoms with Gasteiger partial charge >= 0.3 is 6.03 Å². The molecule has 0 spiro atoms. The molecule has 1 N–H and O–H groups in total. The van der Waals surface area contributed by atoms with Crippen molar-refractivity contribution in [1.82, 2.24) is 4.90 Å². The van der Waals surface area contributed by atoms with Crippen LogP contribution in [0.3, 0.4) is 0 Å². The summed E-state index contributed by atoms with van der Waals surface area (Å²) < 4.78 is 5.97. The maximum atomic E-state index is 13.0. The number of thioether (sulfide) groups is 1. The van der Waals surface area contributed by atoms with E-state index in [-0.39, 0.29) is 11.4 Å². The van der Waals surface area contributed by atoms with Crippen LogP contribution in [0.4, 0.5) is 10.5 Å². The van der Waals surface area contributed by atoms with Gasteiger partial charge in [-0.1, -0.05) is 48.0 Å². The zero-order valence-corrected chi connectivity index (χ0v) is 17.4. The summed E-state index contributed by atoms with van der Waals surface area (Å²) in [6, 6.07) is 23.7. The van der Waals surface area contributed by atoms with E-state index in [9.17, 15) is 4.79 Å². The second-order valence-electron chi connectivity index (χ2n) is 7.15. The van der Waals surface area contributed by atoms with Crippen LogP contribution in [-0.2, 0) is 0 Å². The second kappa shape index (κ2) is 8.62. The van der Waals surface area contributed by atoms with Crippen molar-refractivity contribution in [2.75, 3.05) is 17.6 Å². The van der Waals surface area contributed by atoms with Gasteiger partial charge in [0, 0.05) is 18.0 Å². The quantitative estimate of drug-likeness (QED) is 0.549. The molecule has 1 aliphatic heterocycles. The predicted octanol–water partition coefficient (Wildman–Crippen LogP) is 6.38. The molecule has 1 saturated heterocycles. The van der Waals surface area contributed by atoms with Gasteiger partial charge in [-0.25, -0.2) is 4.79 Å². The second-order valence-corrected chi connectivity index (χ2v) is 8.34. The lowest BCUT2D eigenvalue weighted by Crippen LogP contribution is -2.34. The van der Waals surface area contributed by atoms with Crippen molar-refractivity contribution in [3.8, 4) is 11.5 Å². The fourth-order valence-electron chi connectivity index (χ4n) is 3.45. The zero-order chi connectivity index (χ0) is 20.2. The van der Waals surface area contributed by atoms with Crippen molar-refractivity contribution in [2.45, 2.75) is 19.2 Å². The molecule has 0 saturated carbocycles. The van der Waals surface area contributed by atoms with E-state index in [0.29, 0.717) is 0 Å². The van der Waals surface area contributed by atoms with Crippen LogP contribution >= 0.6 is 11.8 Å². The van der Waals surface area contributed by atoms with Crippen molar-refractivity contribution in [3.05, 3.63) is 89.5 Å². The highest BCUT2D eigenvalue weighted by molar-refractivity contribution is 7.99. The lowest BCUT2D eigenvalue weighted by Gasteiger charge is -2.25. The number of ether oxygens (including phenoxy) is 1. The highest BCUT2D eigenvalue weighted by Crippen LogP contribution is 2.39. The van der Waals surface area contributed by atoms with Crippen molar-refractivity contribution < 1.29 is 9.53 Å². The van der Waals surface area contributed by atoms with E-state index < -0.39 is 0 Å². The van der Waals surface area contributed by atoms with Crippen LogP contribution in [0.2, 0.25) is 0 Å². The Balaban J connectivity index is 1.50. The van der Waals surface area contributed by atoms with Crippen LogP contribution in [0.25, 0.3) is 0 Å². The average Bonchev–Trinajstić information content (AvgIpc) is 3.21. The van der Waals surface area contributed by atoms with Crippen LogP contribution in [0.5, 0.6) is 11.5 Å². The summed E-state index contributed by atoms with van der Waals surface area (Å²) in [6.07, 6.45) is 0. The maximum Gasteiger partial charge on any atom is 0.323 e. The standard InChI is InChI=1S/C24H24N2O2S/c1-17-11-12-22(18(2)15-17)25-24(27)26-13-14-29-23(26)19-7-6-10-21(16-19)28-20-8-4-3-5-9-20/h3-12,15-16,23H,13-14H2,1-2H3,(H,25,27)/t23-/m0/s1. The van der Waals surface area contributed by atoms with Crippen LogP contribution < -0.4 is 10.1 Å². The molecular weight excluding hydrogens is 380 g/mol. The third kappa shape index (κ3) is 4.57. The normalized spacial score (nSPS) is 15.9. The Morgan fingerprint density at radius 1 is 1.00 bits per heavy atom. The third-order valence-electron chi connectivity index (χ3n) is 4.90. The van der Waals surface area contributed by atoms with E-state index in [4.69, 9.17) is 4.74 Å². The Labute approximate surface area is 175 Å². The molecule has 0 radical (unpaired) electrons. The van der Waals surface area contributed by atoms with E-state index in [2.05, 4.69) is 24.4 Å². The molecule has 0 aromatic heterocycles. The number of urea groups is 1. The molecule has 148 valence electrons. The van der Waals surface area contributed by atoms with Gasteiger partial charge in [0.2, 0.25) is 0 Å². The van der Waals surface area contributed by atoms with Crippen LogP contribution in [0.15, 0.2) is 72.8 Å². The molecule has 1 aliphatic rings. The number of hydrogen-bond acceptors (Lipinski definition) is 3. The first-order valence-corrected chi connectivity index (χ1v) is 10.7. The monoisotopic (exact) mass is 404 g/mol. The van der Waals surface area contributed by atoms with Crippen molar-refractivity contribution in [2.24, 2.45) is 0 Å². The van der Waals surface area contributed by atoms with Gasteiger partial charge in [0.05, 0.1) is 0 Å². The topological polar surface area (TPSA) is 41.6 Å². The highest BCUT2D eigenvalue weighted by atomic mass is 32.2. The molecule has 2 amide bonds. The van der Waals surface area contributed by atoms with E-state index in [0.717, 1.165) is 40.6 Å². The number of aryl methyl sites for hydroxylation is 2. The maximum absolute atomic E-state index is 13.0. The number of nitrogens with one attached hydrogen (secondary N) is 1. The molecule has 0 aliphatic carbocycles. The minimum atomic E-state index is -0.0682. The fraction of sp³-hybridized carbons (Fsp3) is 0.208. The minimum Gasteiger partial charge on any atom is -0.457 e. The molecule has 4 nitrogen and oxygen atoms in total. The summed E-state index contributed by atoms with van der Waals surface area (Å²) in [5.41, 5.74) is 4.18. The molecule has 0 unspecified atom stereocenters. The van der Waals surface area contributed by atoms with Gasteiger partial charge in [0.1, 0.15) is 16.9 Å². The Morgan fingerprint density at radius 3 is 2.59 bits per heavy atom. The molecule has 0 bridgehead atoms. The number of rotatable bonds is 4. The first-order chi connectivity index (χ1) is 14.1. The van der Waals surface area contributed by atoms with E-state index in [1.54, 1.807) is 11.8 Å². The summed E-state index contributed by atoms with van der Waals surface area (Å²) in [6.45, 7) is 4.79. The Kier molecular flexibility index (Phi) is 5.76. The molecule has 3 aromatic carbocycles. The Hall–Kier alpha value is -2.92. The molecular formula is C24H24N2O2S. The molecule has 5 heteroatoms. The number of anilines is 1. The first-order valence-electron chi connectivity index (χ1n) is 9.69. The van der Waals surface area contributed by atoms with Crippen LogP contribution in [-0.4, -0.2) is 23.2 Å². The summed E-state index contributed by atoms with van der Waals surface area (Å²) in [5.74, 6) is 2.48. The summed E-state index contributed by atoms with van der Waals surface area (Å²) in [4.78, 5) is 14.9. The largest absolute Gasteiger partial charge is 0.457 e. The van der Waals surface area contributed by atoms with Gasteiger partial charge in [0.15, 0.2) is 0 Å². The van der Waals surface area contributed by atoms with Crippen LogP contribution in [0.1, 0.15) is 22.1 Å². The first kappa shape index (κ1) is 19.4. The van der Waals surface area contributed by atoms with Crippen molar-refractivity contribution in [3.63, 3.8) is 0 Å². The lowest BCUT2D eigenvalue weighted by molar-refractivity contribution is 0.214. The van der Waals surface area contributed by atoms with Gasteiger partial charge in [-0.15, -0.1) is 11.8 Å². The van der Waals surface area contributed by atoms with Crippen molar-refractivity contribution in [1.29, 1.82) is 0 Å². The van der Waals surface area contributed by atoms with Gasteiger partial charge < -0.3 is 15.0 Å². The SMILES string of the molecule is Cc1ccc(NC(=O)N2CCS[C@H]2c2cccc(Oc3ccccc3)c2)c(C)c1. The molecule has 4 rings (SSSR count). The van der Waals surface area contributed by atoms with Gasteiger partial charge in [-0.05, 0) is 55.3 Å². The zero-order valence-electron chi connectivity index (χ0n) is 16.6. The van der Waals surface area contributed by atoms with Gasteiger partial charge in [-0.2, -0.15) is 0 Å². The fourth-order valence-corrected chi connectivity index (χ4v) is 4.70. The van der Waals surface area contributed by atoms with E-state index >= 15 is 0 Å². The minimum absolute atomic E-state index is 0.0277. The number of carbonyl (C=O) groups excluding carboxylic acids is 1. The summed E-state index contributed by atoms with van der Waals surface area (Å²) >= 11 is 1.77. The lowest BCUT2D eigenvalue weighted by atomic mass is 10.1. The molecule has 3 aromatic rings. The molecule has 1 heterocycles. The molecule has 29 heavy (non-hydrogen) atoms. The molecule has 1 atom stereocenters. The average molecular weight is 405 g/mol. The van der Waals surface area contributed by atoms with E-state index in [1.165, 1.54) is 5.56 Å². The number of para-hydroxylation sites is 1. The van der Waals surface area contributed by atoms with Crippen molar-refractivity contribution >= 4 is 23.5 Å². The smallest absolute Gasteiger partial charge is 0.323 e. The highest BCUT2D eigenvalue weighted by Gasteiger charge is 2.31. The summed E-state index contributed by atoms with van der Waals surface area (Å²) in [7, 11) is 0.